The highest BCUT2D eigenvalue weighted by atomic mass is 35.5. The molecule has 1 saturated carbocycles. The zero-order valence-corrected chi connectivity index (χ0v) is 13.0. The molecule has 0 aliphatic heterocycles. The molecule has 120 valence electrons. The lowest BCUT2D eigenvalue weighted by Crippen LogP contribution is -2.45. The molecular weight excluding hydrogens is 304 g/mol. The fraction of sp³-hybridized carbons (Fsp3) is 0.467. The van der Waals surface area contributed by atoms with Gasteiger partial charge in [-0.1, -0.05) is 23.7 Å². The highest BCUT2D eigenvalue weighted by Gasteiger charge is 2.28. The third-order valence-corrected chi connectivity index (χ3v) is 3.79. The Kier molecular flexibility index (Phi) is 6.03. The number of amides is 3. The second kappa shape index (κ2) is 8.00. The molecule has 7 heteroatoms. The van der Waals surface area contributed by atoms with E-state index in [1.165, 1.54) is 0 Å². The standard InChI is InChI=1S/C15H21ClN4O2/c16-12-5-1-10(2-6-12)7-19-15(22)20-9-14(21)18-8-13(17)11-3-4-11/h1-2,5-6,11,13H,3-4,7-9,17H2,(H,18,21)(H2,19,20,22). The van der Waals surface area contributed by atoms with E-state index < -0.39 is 6.03 Å². The van der Waals surface area contributed by atoms with Gasteiger partial charge in [0.1, 0.15) is 0 Å². The summed E-state index contributed by atoms with van der Waals surface area (Å²) in [6.07, 6.45) is 2.28. The van der Waals surface area contributed by atoms with E-state index in [2.05, 4.69) is 16.0 Å². The number of nitrogens with two attached hydrogens (primary N) is 1. The Labute approximate surface area is 134 Å². The van der Waals surface area contributed by atoms with E-state index in [1.807, 2.05) is 12.1 Å². The van der Waals surface area contributed by atoms with E-state index in [9.17, 15) is 9.59 Å². The van der Waals surface area contributed by atoms with Crippen molar-refractivity contribution in [2.45, 2.75) is 25.4 Å². The lowest BCUT2D eigenvalue weighted by atomic mass is 10.2. The van der Waals surface area contributed by atoms with Crippen LogP contribution in [0.2, 0.25) is 5.02 Å². The van der Waals surface area contributed by atoms with Crippen LogP contribution in [0, 0.1) is 5.92 Å². The number of hydrogen-bond donors (Lipinski definition) is 4. The number of rotatable bonds is 7. The molecule has 1 fully saturated rings. The first-order chi connectivity index (χ1) is 10.5. The van der Waals surface area contributed by atoms with Crippen LogP contribution in [-0.4, -0.2) is 31.1 Å². The molecule has 1 atom stereocenters. The van der Waals surface area contributed by atoms with Crippen LogP contribution in [0.25, 0.3) is 0 Å². The van der Waals surface area contributed by atoms with Crippen LogP contribution >= 0.6 is 11.6 Å². The monoisotopic (exact) mass is 324 g/mol. The number of carbonyl (C=O) groups is 2. The number of hydrogen-bond acceptors (Lipinski definition) is 3. The maximum Gasteiger partial charge on any atom is 0.315 e. The number of urea groups is 1. The maximum absolute atomic E-state index is 11.6. The summed E-state index contributed by atoms with van der Waals surface area (Å²) in [5, 5.41) is 8.54. The summed E-state index contributed by atoms with van der Waals surface area (Å²) in [7, 11) is 0. The Bertz CT molecular complexity index is 517. The van der Waals surface area contributed by atoms with E-state index in [0.717, 1.165) is 18.4 Å². The van der Waals surface area contributed by atoms with Gasteiger partial charge < -0.3 is 21.7 Å². The van der Waals surface area contributed by atoms with Crippen molar-refractivity contribution >= 4 is 23.5 Å². The van der Waals surface area contributed by atoms with Crippen LogP contribution in [0.5, 0.6) is 0 Å². The zero-order chi connectivity index (χ0) is 15.9. The second-order valence-corrected chi connectivity index (χ2v) is 5.90. The van der Waals surface area contributed by atoms with E-state index in [-0.39, 0.29) is 18.5 Å². The number of benzene rings is 1. The Morgan fingerprint density at radius 3 is 2.50 bits per heavy atom. The lowest BCUT2D eigenvalue weighted by molar-refractivity contribution is -0.120. The van der Waals surface area contributed by atoms with Crippen molar-refractivity contribution in [2.24, 2.45) is 11.7 Å². The summed E-state index contributed by atoms with van der Waals surface area (Å²) in [5.74, 6) is 0.300. The molecule has 22 heavy (non-hydrogen) atoms. The summed E-state index contributed by atoms with van der Waals surface area (Å²) in [6, 6.07) is 6.79. The highest BCUT2D eigenvalue weighted by Crippen LogP contribution is 2.31. The molecule has 1 aromatic rings. The average molecular weight is 325 g/mol. The van der Waals surface area contributed by atoms with Crippen molar-refractivity contribution in [1.82, 2.24) is 16.0 Å². The molecule has 2 rings (SSSR count). The van der Waals surface area contributed by atoms with Crippen LogP contribution in [0.15, 0.2) is 24.3 Å². The predicted molar refractivity (Wildman–Crippen MR) is 85.4 cm³/mol. The molecule has 0 bridgehead atoms. The molecule has 1 aliphatic carbocycles. The summed E-state index contributed by atoms with van der Waals surface area (Å²) in [4.78, 5) is 23.2. The topological polar surface area (TPSA) is 96.2 Å². The molecule has 0 heterocycles. The van der Waals surface area contributed by atoms with Crippen molar-refractivity contribution < 1.29 is 9.59 Å². The molecular formula is C15H21ClN4O2. The Hall–Kier alpha value is -1.79. The van der Waals surface area contributed by atoms with E-state index in [1.54, 1.807) is 12.1 Å². The van der Waals surface area contributed by atoms with Crippen LogP contribution in [0.4, 0.5) is 4.79 Å². The predicted octanol–water partition coefficient (Wildman–Crippen LogP) is 0.993. The Morgan fingerprint density at radius 1 is 1.18 bits per heavy atom. The summed E-state index contributed by atoms with van der Waals surface area (Å²) in [5.41, 5.74) is 6.81. The normalized spacial score (nSPS) is 15.0. The van der Waals surface area contributed by atoms with E-state index >= 15 is 0 Å². The van der Waals surface area contributed by atoms with Gasteiger partial charge in [-0.15, -0.1) is 0 Å². The van der Waals surface area contributed by atoms with Gasteiger partial charge in [-0.2, -0.15) is 0 Å². The van der Waals surface area contributed by atoms with Gasteiger partial charge in [0.25, 0.3) is 0 Å². The second-order valence-electron chi connectivity index (χ2n) is 5.47. The SMILES string of the molecule is NC(CNC(=O)CNC(=O)NCc1ccc(Cl)cc1)C1CC1. The van der Waals surface area contributed by atoms with Gasteiger partial charge in [-0.25, -0.2) is 4.79 Å². The van der Waals surface area contributed by atoms with Gasteiger partial charge >= 0.3 is 6.03 Å². The molecule has 0 spiro atoms. The first-order valence-electron chi connectivity index (χ1n) is 7.33. The highest BCUT2D eigenvalue weighted by molar-refractivity contribution is 6.30. The van der Waals surface area contributed by atoms with Crippen molar-refractivity contribution in [3.8, 4) is 0 Å². The zero-order valence-electron chi connectivity index (χ0n) is 12.3. The first kappa shape index (κ1) is 16.6. The summed E-state index contributed by atoms with van der Waals surface area (Å²) >= 11 is 5.78. The fourth-order valence-electron chi connectivity index (χ4n) is 1.99. The Balaban J connectivity index is 1.58. The average Bonchev–Trinajstić information content (AvgIpc) is 3.35. The molecule has 0 aromatic heterocycles. The molecule has 1 aliphatic rings. The van der Waals surface area contributed by atoms with Gasteiger partial charge in [0.05, 0.1) is 6.54 Å². The number of nitrogens with one attached hydrogen (secondary N) is 3. The third-order valence-electron chi connectivity index (χ3n) is 3.54. The maximum atomic E-state index is 11.6. The van der Waals surface area contributed by atoms with Gasteiger partial charge in [-0.3, -0.25) is 4.79 Å². The van der Waals surface area contributed by atoms with Crippen LogP contribution in [-0.2, 0) is 11.3 Å². The van der Waals surface area contributed by atoms with E-state index in [4.69, 9.17) is 17.3 Å². The minimum Gasteiger partial charge on any atom is -0.353 e. The van der Waals surface area contributed by atoms with E-state index in [0.29, 0.717) is 24.0 Å². The molecule has 3 amide bonds. The van der Waals surface area contributed by atoms with Crippen LogP contribution < -0.4 is 21.7 Å². The van der Waals surface area contributed by atoms with Crippen molar-refractivity contribution in [3.05, 3.63) is 34.9 Å². The van der Waals surface area contributed by atoms with Crippen molar-refractivity contribution in [3.63, 3.8) is 0 Å². The van der Waals surface area contributed by atoms with Crippen LogP contribution in [0.1, 0.15) is 18.4 Å². The van der Waals surface area contributed by atoms with Crippen LogP contribution in [0.3, 0.4) is 0 Å². The minimum atomic E-state index is -0.392. The Morgan fingerprint density at radius 2 is 1.86 bits per heavy atom. The minimum absolute atomic E-state index is 0.0164. The number of halogens is 1. The quantitative estimate of drug-likeness (QED) is 0.602. The molecule has 1 unspecified atom stereocenters. The molecule has 0 radical (unpaired) electrons. The van der Waals surface area contributed by atoms with Crippen molar-refractivity contribution in [2.75, 3.05) is 13.1 Å². The molecule has 0 saturated heterocycles. The van der Waals surface area contributed by atoms with Crippen molar-refractivity contribution in [1.29, 1.82) is 0 Å². The summed E-state index contributed by atoms with van der Waals surface area (Å²) in [6.45, 7) is 0.762. The lowest BCUT2D eigenvalue weighted by Gasteiger charge is -2.12. The first-order valence-corrected chi connectivity index (χ1v) is 7.71. The molecule has 1 aromatic carbocycles. The third kappa shape index (κ3) is 5.91. The molecule has 5 N–H and O–H groups in total. The summed E-state index contributed by atoms with van der Waals surface area (Å²) < 4.78 is 0. The fourth-order valence-corrected chi connectivity index (χ4v) is 2.12. The smallest absolute Gasteiger partial charge is 0.315 e. The number of carbonyl (C=O) groups excluding carboxylic acids is 2. The largest absolute Gasteiger partial charge is 0.353 e. The van der Waals surface area contributed by atoms with Gasteiger partial charge in [0, 0.05) is 24.2 Å². The molecule has 6 nitrogen and oxygen atoms in total. The van der Waals surface area contributed by atoms with Gasteiger partial charge in [0.15, 0.2) is 0 Å². The van der Waals surface area contributed by atoms with Gasteiger partial charge in [-0.05, 0) is 36.5 Å². The van der Waals surface area contributed by atoms with Gasteiger partial charge in [0.2, 0.25) is 5.91 Å².